The van der Waals surface area contributed by atoms with Crippen LogP contribution in [0, 0.1) is 0 Å². The first-order chi connectivity index (χ1) is 5.54. The van der Waals surface area contributed by atoms with Crippen molar-refractivity contribution in [1.29, 1.82) is 0 Å². The fourth-order valence-electron chi connectivity index (χ4n) is 0.758. The summed E-state index contributed by atoms with van der Waals surface area (Å²) in [7, 11) is 0. The van der Waals surface area contributed by atoms with Crippen molar-refractivity contribution >= 4 is 11.7 Å². The van der Waals surface area contributed by atoms with E-state index in [9.17, 15) is 4.79 Å². The summed E-state index contributed by atoms with van der Waals surface area (Å²) in [5.41, 5.74) is 15.8. The van der Waals surface area contributed by atoms with Crippen molar-refractivity contribution in [3.05, 3.63) is 0 Å². The summed E-state index contributed by atoms with van der Waals surface area (Å²) in [6.07, 6.45) is 1.45. The number of hydrogen-bond donors (Lipinski definition) is 4. The van der Waals surface area contributed by atoms with Crippen LogP contribution in [-0.4, -0.2) is 24.3 Å². The molecule has 0 fully saturated rings. The SMILES string of the molecule is CC(=O)C(N)CCC[NH+]=C(N)N. The summed E-state index contributed by atoms with van der Waals surface area (Å²) < 4.78 is 0. The number of nitrogens with two attached hydrogens (primary N) is 3. The lowest BCUT2D eigenvalue weighted by Crippen LogP contribution is -2.78. The van der Waals surface area contributed by atoms with E-state index >= 15 is 0 Å². The van der Waals surface area contributed by atoms with Gasteiger partial charge in [-0.2, -0.15) is 0 Å². The van der Waals surface area contributed by atoms with E-state index in [1.54, 1.807) is 0 Å². The van der Waals surface area contributed by atoms with Crippen LogP contribution in [0.1, 0.15) is 19.8 Å². The molecule has 0 rings (SSSR count). The Balaban J connectivity index is 3.44. The van der Waals surface area contributed by atoms with E-state index in [4.69, 9.17) is 17.2 Å². The summed E-state index contributed by atoms with van der Waals surface area (Å²) in [6, 6.07) is -0.356. The number of ketones is 1. The monoisotopic (exact) mass is 173 g/mol. The number of nitrogens with one attached hydrogen (secondary N) is 1. The van der Waals surface area contributed by atoms with Gasteiger partial charge in [0.2, 0.25) is 0 Å². The smallest absolute Gasteiger partial charge is 0.322 e. The van der Waals surface area contributed by atoms with Gasteiger partial charge in [0.25, 0.3) is 0 Å². The maximum absolute atomic E-state index is 10.7. The van der Waals surface area contributed by atoms with E-state index in [1.165, 1.54) is 6.92 Å². The quantitative estimate of drug-likeness (QED) is 0.202. The Morgan fingerprint density at radius 3 is 2.50 bits per heavy atom. The molecule has 7 N–H and O–H groups in total. The van der Waals surface area contributed by atoms with Crippen molar-refractivity contribution in [3.63, 3.8) is 0 Å². The van der Waals surface area contributed by atoms with Crippen molar-refractivity contribution in [1.82, 2.24) is 0 Å². The third-order valence-corrected chi connectivity index (χ3v) is 1.54. The van der Waals surface area contributed by atoms with Gasteiger partial charge in [0.05, 0.1) is 12.6 Å². The fourth-order valence-corrected chi connectivity index (χ4v) is 0.758. The summed E-state index contributed by atoms with van der Waals surface area (Å²) in [4.78, 5) is 13.4. The zero-order valence-corrected chi connectivity index (χ0v) is 7.34. The first-order valence-electron chi connectivity index (χ1n) is 3.92. The lowest BCUT2D eigenvalue weighted by atomic mass is 10.1. The Hall–Kier alpha value is -1.10. The summed E-state index contributed by atoms with van der Waals surface area (Å²) >= 11 is 0. The minimum absolute atomic E-state index is 0.0136. The average molecular weight is 173 g/mol. The van der Waals surface area contributed by atoms with E-state index in [1.807, 2.05) is 0 Å². The second-order valence-corrected chi connectivity index (χ2v) is 2.74. The molecule has 0 aromatic rings. The number of hydrogen-bond acceptors (Lipinski definition) is 2. The second-order valence-electron chi connectivity index (χ2n) is 2.74. The lowest BCUT2D eigenvalue weighted by molar-refractivity contribution is -0.459. The van der Waals surface area contributed by atoms with Crippen LogP contribution < -0.4 is 22.2 Å². The molecule has 12 heavy (non-hydrogen) atoms. The van der Waals surface area contributed by atoms with E-state index < -0.39 is 0 Å². The van der Waals surface area contributed by atoms with Gasteiger partial charge in [0.1, 0.15) is 5.78 Å². The molecular formula is C7H17N4O+. The van der Waals surface area contributed by atoms with E-state index in [2.05, 4.69) is 4.99 Å². The zero-order valence-electron chi connectivity index (χ0n) is 7.34. The Bertz CT molecular complexity index is 174. The van der Waals surface area contributed by atoms with E-state index in [0.717, 1.165) is 6.42 Å². The van der Waals surface area contributed by atoms with Crippen LogP contribution in [0.3, 0.4) is 0 Å². The number of carbonyl (C=O) groups is 1. The van der Waals surface area contributed by atoms with Crippen molar-refractivity contribution in [3.8, 4) is 0 Å². The molecule has 5 nitrogen and oxygen atoms in total. The highest BCUT2D eigenvalue weighted by Gasteiger charge is 2.06. The van der Waals surface area contributed by atoms with Crippen molar-refractivity contribution in [2.24, 2.45) is 17.2 Å². The first-order valence-corrected chi connectivity index (χ1v) is 3.92. The van der Waals surface area contributed by atoms with Crippen LogP contribution in [0.2, 0.25) is 0 Å². The molecule has 0 saturated heterocycles. The molecule has 1 atom stereocenters. The Morgan fingerprint density at radius 2 is 2.08 bits per heavy atom. The number of guanidine groups is 1. The van der Waals surface area contributed by atoms with E-state index in [0.29, 0.717) is 13.0 Å². The maximum Gasteiger partial charge on any atom is 0.338 e. The predicted molar refractivity (Wildman–Crippen MR) is 47.1 cm³/mol. The molecule has 0 saturated carbocycles. The summed E-state index contributed by atoms with van der Waals surface area (Å²) in [5, 5.41) is 0. The molecule has 0 aromatic carbocycles. The minimum atomic E-state index is -0.356. The van der Waals surface area contributed by atoms with Gasteiger partial charge in [-0.05, 0) is 19.8 Å². The Labute approximate surface area is 72.0 Å². The van der Waals surface area contributed by atoms with Crippen molar-refractivity contribution < 1.29 is 9.79 Å². The molecule has 1 unspecified atom stereocenters. The van der Waals surface area contributed by atoms with Crippen LogP contribution in [0.25, 0.3) is 0 Å². The Morgan fingerprint density at radius 1 is 1.50 bits per heavy atom. The highest BCUT2D eigenvalue weighted by Crippen LogP contribution is 1.92. The maximum atomic E-state index is 10.7. The number of rotatable bonds is 5. The first kappa shape index (κ1) is 10.9. The molecule has 0 aliphatic carbocycles. The third-order valence-electron chi connectivity index (χ3n) is 1.54. The second kappa shape index (κ2) is 5.54. The topological polar surface area (TPSA) is 109 Å². The predicted octanol–water partition coefficient (Wildman–Crippen LogP) is -2.96. The van der Waals surface area contributed by atoms with Gasteiger partial charge in [-0.1, -0.05) is 0 Å². The molecular weight excluding hydrogens is 156 g/mol. The fraction of sp³-hybridized carbons (Fsp3) is 0.714. The van der Waals surface area contributed by atoms with Crippen molar-refractivity contribution in [2.45, 2.75) is 25.8 Å². The van der Waals surface area contributed by atoms with Gasteiger partial charge in [0, 0.05) is 0 Å². The van der Waals surface area contributed by atoms with E-state index in [-0.39, 0.29) is 17.8 Å². The minimum Gasteiger partial charge on any atom is -0.322 e. The van der Waals surface area contributed by atoms with Crippen LogP contribution in [0.15, 0.2) is 0 Å². The normalized spacial score (nSPS) is 12.2. The highest BCUT2D eigenvalue weighted by atomic mass is 16.1. The van der Waals surface area contributed by atoms with Gasteiger partial charge >= 0.3 is 5.96 Å². The Kier molecular flexibility index (Phi) is 5.03. The van der Waals surface area contributed by atoms with Gasteiger partial charge in [-0.25, -0.2) is 0 Å². The van der Waals surface area contributed by atoms with Gasteiger partial charge in [-0.3, -0.25) is 21.3 Å². The molecule has 0 aliphatic rings. The molecule has 0 aliphatic heterocycles. The van der Waals surface area contributed by atoms with Gasteiger partial charge in [0.15, 0.2) is 0 Å². The molecule has 0 bridgehead atoms. The van der Waals surface area contributed by atoms with Crippen LogP contribution in [0.5, 0.6) is 0 Å². The molecule has 70 valence electrons. The molecule has 0 heterocycles. The molecule has 0 spiro atoms. The third kappa shape index (κ3) is 5.67. The summed E-state index contributed by atoms with van der Waals surface area (Å²) in [6.45, 7) is 2.14. The standard InChI is InChI=1S/C7H16N4O/c1-5(12)6(8)3-2-4-11-7(9)10/h6H,2-4,8H2,1H3,(H4,9,10,11)/p+1. The number of Topliss-reactive ketones (excluding diaryl/α,β-unsaturated/α-hetero) is 1. The lowest BCUT2D eigenvalue weighted by Gasteiger charge is -2.04. The summed E-state index contributed by atoms with van der Waals surface area (Å²) in [5.74, 6) is 0.214. The van der Waals surface area contributed by atoms with Gasteiger partial charge < -0.3 is 5.73 Å². The largest absolute Gasteiger partial charge is 0.338 e. The number of carbonyl (C=O) groups excluding carboxylic acids is 1. The molecule has 0 radical (unpaired) electrons. The molecule has 0 amide bonds. The molecule has 0 aromatic heterocycles. The van der Waals surface area contributed by atoms with Gasteiger partial charge in [-0.15, -0.1) is 0 Å². The highest BCUT2D eigenvalue weighted by molar-refractivity contribution is 5.81. The van der Waals surface area contributed by atoms with Crippen LogP contribution in [-0.2, 0) is 4.79 Å². The van der Waals surface area contributed by atoms with Crippen LogP contribution >= 0.6 is 0 Å². The molecule has 5 heteroatoms. The zero-order chi connectivity index (χ0) is 9.56. The van der Waals surface area contributed by atoms with Crippen molar-refractivity contribution in [2.75, 3.05) is 6.54 Å². The van der Waals surface area contributed by atoms with Crippen LogP contribution in [0.4, 0.5) is 0 Å². The average Bonchev–Trinajstić information content (AvgIpc) is 1.97.